The highest BCUT2D eigenvalue weighted by Gasteiger charge is 2.43. The number of carbonyl (C=O) groups is 1. The van der Waals surface area contributed by atoms with Crippen LogP contribution in [-0.2, 0) is 9.53 Å². The molecule has 0 aromatic heterocycles. The summed E-state index contributed by atoms with van der Waals surface area (Å²) in [6.07, 6.45) is 3.81. The van der Waals surface area contributed by atoms with Crippen molar-refractivity contribution in [2.45, 2.75) is 38.6 Å². The molecule has 1 aliphatic heterocycles. The van der Waals surface area contributed by atoms with E-state index in [1.165, 1.54) is 0 Å². The topological polar surface area (TPSA) is 84.6 Å². The molecule has 0 radical (unpaired) electrons. The molecule has 2 atom stereocenters. The molecule has 5 heteroatoms. The third-order valence-corrected chi connectivity index (χ3v) is 3.41. The lowest BCUT2D eigenvalue weighted by atomic mass is 9.85. The number of aliphatic hydroxyl groups is 1. The Bertz CT molecular complexity index is 248. The molecule has 0 aromatic rings. The summed E-state index contributed by atoms with van der Waals surface area (Å²) in [5.41, 5.74) is 5.29. The largest absolute Gasteiger partial charge is 0.396 e. The van der Waals surface area contributed by atoms with E-state index < -0.39 is 5.41 Å². The van der Waals surface area contributed by atoms with Gasteiger partial charge in [-0.05, 0) is 19.8 Å². The average Bonchev–Trinajstić information content (AvgIpc) is 2.65. The van der Waals surface area contributed by atoms with Crippen LogP contribution in [0.4, 0.5) is 0 Å². The molecule has 100 valence electrons. The van der Waals surface area contributed by atoms with Crippen LogP contribution in [0.1, 0.15) is 32.6 Å². The van der Waals surface area contributed by atoms with Crippen LogP contribution in [0.25, 0.3) is 0 Å². The fourth-order valence-electron chi connectivity index (χ4n) is 1.92. The standard InChI is InChI=1S/C12H24N2O3/c1-12(9-17-8-10(12)13)11(16)14-6-4-2-3-5-7-15/h10,15H,2-9,13H2,1H3,(H,14,16). The first kappa shape index (κ1) is 14.4. The van der Waals surface area contributed by atoms with Crippen LogP contribution in [0.15, 0.2) is 0 Å². The summed E-state index contributed by atoms with van der Waals surface area (Å²) >= 11 is 0. The van der Waals surface area contributed by atoms with E-state index in [1.807, 2.05) is 6.92 Å². The fraction of sp³-hybridized carbons (Fsp3) is 0.917. The molecule has 5 nitrogen and oxygen atoms in total. The van der Waals surface area contributed by atoms with Crippen molar-refractivity contribution in [3.8, 4) is 0 Å². The molecule has 0 aliphatic carbocycles. The van der Waals surface area contributed by atoms with Crippen molar-refractivity contribution in [1.82, 2.24) is 5.32 Å². The Morgan fingerprint density at radius 3 is 2.76 bits per heavy atom. The molecule has 0 spiro atoms. The third kappa shape index (κ3) is 3.94. The molecule has 1 heterocycles. The summed E-state index contributed by atoms with van der Waals surface area (Å²) < 4.78 is 5.24. The second kappa shape index (κ2) is 6.93. The van der Waals surface area contributed by atoms with E-state index in [0.717, 1.165) is 25.7 Å². The maximum absolute atomic E-state index is 12.0. The lowest BCUT2D eigenvalue weighted by molar-refractivity contribution is -0.130. The SMILES string of the molecule is CC1(C(=O)NCCCCCCO)COCC1N. The second-order valence-electron chi connectivity index (χ2n) is 4.93. The van der Waals surface area contributed by atoms with Crippen molar-refractivity contribution >= 4 is 5.91 Å². The number of hydrogen-bond acceptors (Lipinski definition) is 4. The van der Waals surface area contributed by atoms with E-state index in [-0.39, 0.29) is 18.6 Å². The van der Waals surface area contributed by atoms with Crippen molar-refractivity contribution in [3.63, 3.8) is 0 Å². The van der Waals surface area contributed by atoms with Gasteiger partial charge in [-0.25, -0.2) is 0 Å². The van der Waals surface area contributed by atoms with Crippen molar-refractivity contribution in [1.29, 1.82) is 0 Å². The molecule has 2 unspecified atom stereocenters. The highest BCUT2D eigenvalue weighted by Crippen LogP contribution is 2.26. The molecule has 0 bridgehead atoms. The van der Waals surface area contributed by atoms with Crippen LogP contribution in [0, 0.1) is 5.41 Å². The van der Waals surface area contributed by atoms with Gasteiger partial charge in [0.1, 0.15) is 0 Å². The lowest BCUT2D eigenvalue weighted by Crippen LogP contribution is -2.50. The highest BCUT2D eigenvalue weighted by atomic mass is 16.5. The Morgan fingerprint density at radius 2 is 2.18 bits per heavy atom. The Morgan fingerprint density at radius 1 is 1.47 bits per heavy atom. The molecule has 4 N–H and O–H groups in total. The number of hydrogen-bond donors (Lipinski definition) is 3. The van der Waals surface area contributed by atoms with Gasteiger partial charge in [-0.2, -0.15) is 0 Å². The van der Waals surface area contributed by atoms with Crippen LogP contribution in [0.5, 0.6) is 0 Å². The molecule has 1 saturated heterocycles. The number of ether oxygens (including phenoxy) is 1. The van der Waals surface area contributed by atoms with E-state index in [1.54, 1.807) is 0 Å². The number of nitrogens with one attached hydrogen (secondary N) is 1. The van der Waals surface area contributed by atoms with Crippen LogP contribution in [0.2, 0.25) is 0 Å². The minimum Gasteiger partial charge on any atom is -0.396 e. The number of unbranched alkanes of at least 4 members (excludes halogenated alkanes) is 3. The minimum absolute atomic E-state index is 0.00958. The van der Waals surface area contributed by atoms with Crippen LogP contribution < -0.4 is 11.1 Å². The van der Waals surface area contributed by atoms with Crippen LogP contribution in [-0.4, -0.2) is 43.4 Å². The predicted molar refractivity (Wildman–Crippen MR) is 65.5 cm³/mol. The summed E-state index contributed by atoms with van der Waals surface area (Å²) in [7, 11) is 0. The van der Waals surface area contributed by atoms with Crippen LogP contribution >= 0.6 is 0 Å². The zero-order valence-electron chi connectivity index (χ0n) is 10.6. The molecular weight excluding hydrogens is 220 g/mol. The zero-order valence-corrected chi connectivity index (χ0v) is 10.6. The molecule has 0 saturated carbocycles. The number of aliphatic hydroxyl groups excluding tert-OH is 1. The van der Waals surface area contributed by atoms with Gasteiger partial charge in [0, 0.05) is 19.2 Å². The fourth-order valence-corrected chi connectivity index (χ4v) is 1.92. The van der Waals surface area contributed by atoms with Gasteiger partial charge in [0.15, 0.2) is 0 Å². The molecule has 1 fully saturated rings. The molecule has 1 aliphatic rings. The molecular formula is C12H24N2O3. The highest BCUT2D eigenvalue weighted by molar-refractivity contribution is 5.83. The summed E-state index contributed by atoms with van der Waals surface area (Å²) in [4.78, 5) is 12.0. The van der Waals surface area contributed by atoms with Gasteiger partial charge in [-0.1, -0.05) is 12.8 Å². The van der Waals surface area contributed by atoms with E-state index in [0.29, 0.717) is 19.8 Å². The minimum atomic E-state index is -0.578. The molecule has 1 amide bonds. The first-order valence-corrected chi connectivity index (χ1v) is 6.34. The van der Waals surface area contributed by atoms with E-state index in [2.05, 4.69) is 5.32 Å². The summed E-state index contributed by atoms with van der Waals surface area (Å²) in [5.74, 6) is -0.00958. The van der Waals surface area contributed by atoms with Crippen molar-refractivity contribution in [2.24, 2.45) is 11.1 Å². The van der Waals surface area contributed by atoms with E-state index in [4.69, 9.17) is 15.6 Å². The molecule has 0 aromatic carbocycles. The average molecular weight is 244 g/mol. The Kier molecular flexibility index (Phi) is 5.88. The molecule has 17 heavy (non-hydrogen) atoms. The number of rotatable bonds is 7. The first-order valence-electron chi connectivity index (χ1n) is 6.34. The van der Waals surface area contributed by atoms with Crippen LogP contribution in [0.3, 0.4) is 0 Å². The summed E-state index contributed by atoms with van der Waals surface area (Å²) in [6, 6.07) is -0.211. The van der Waals surface area contributed by atoms with E-state index in [9.17, 15) is 4.79 Å². The zero-order chi connectivity index (χ0) is 12.7. The second-order valence-corrected chi connectivity index (χ2v) is 4.93. The quantitative estimate of drug-likeness (QED) is 0.551. The molecule has 1 rings (SSSR count). The summed E-state index contributed by atoms with van der Waals surface area (Å²) in [6.45, 7) is 3.64. The van der Waals surface area contributed by atoms with Crippen molar-refractivity contribution in [2.75, 3.05) is 26.4 Å². The van der Waals surface area contributed by atoms with Gasteiger partial charge in [-0.15, -0.1) is 0 Å². The lowest BCUT2D eigenvalue weighted by Gasteiger charge is -2.25. The number of carbonyl (C=O) groups excluding carboxylic acids is 1. The van der Waals surface area contributed by atoms with Crippen molar-refractivity contribution in [3.05, 3.63) is 0 Å². The van der Waals surface area contributed by atoms with Gasteiger partial charge < -0.3 is 20.9 Å². The van der Waals surface area contributed by atoms with Crippen molar-refractivity contribution < 1.29 is 14.6 Å². The number of nitrogens with two attached hydrogens (primary N) is 1. The Labute approximate surface area is 103 Å². The maximum atomic E-state index is 12.0. The third-order valence-electron chi connectivity index (χ3n) is 3.41. The summed E-state index contributed by atoms with van der Waals surface area (Å²) in [5, 5.41) is 11.5. The predicted octanol–water partition coefficient (Wildman–Crippen LogP) is 0.0191. The van der Waals surface area contributed by atoms with Gasteiger partial charge >= 0.3 is 0 Å². The Hall–Kier alpha value is -0.650. The number of amides is 1. The smallest absolute Gasteiger partial charge is 0.229 e. The normalized spacial score (nSPS) is 28.3. The monoisotopic (exact) mass is 244 g/mol. The van der Waals surface area contributed by atoms with Gasteiger partial charge in [0.25, 0.3) is 0 Å². The van der Waals surface area contributed by atoms with E-state index >= 15 is 0 Å². The van der Waals surface area contributed by atoms with Gasteiger partial charge in [0.05, 0.1) is 18.6 Å². The Balaban J connectivity index is 2.16. The van der Waals surface area contributed by atoms with Gasteiger partial charge in [0.2, 0.25) is 5.91 Å². The maximum Gasteiger partial charge on any atom is 0.229 e. The van der Waals surface area contributed by atoms with Gasteiger partial charge in [-0.3, -0.25) is 4.79 Å². The first-order chi connectivity index (χ1) is 8.11.